The molecule has 1 heterocycles. The minimum Gasteiger partial charge on any atom is -0.459 e. The van der Waals surface area contributed by atoms with Gasteiger partial charge in [0.15, 0.2) is 5.76 Å². The number of carbonyl (C=O) groups excluding carboxylic acids is 3. The number of amides is 3. The lowest BCUT2D eigenvalue weighted by Crippen LogP contribution is -2.43. The van der Waals surface area contributed by atoms with Crippen LogP contribution in [0.15, 0.2) is 22.8 Å². The Morgan fingerprint density at radius 1 is 1.20 bits per heavy atom. The zero-order chi connectivity index (χ0) is 15.0. The molecule has 0 aliphatic heterocycles. The summed E-state index contributed by atoms with van der Waals surface area (Å²) in [5, 5.41) is 2.53. The summed E-state index contributed by atoms with van der Waals surface area (Å²) < 4.78 is 4.90. The Morgan fingerprint density at radius 2 is 1.90 bits per heavy atom. The van der Waals surface area contributed by atoms with E-state index in [1.165, 1.54) is 12.3 Å². The maximum absolute atomic E-state index is 11.5. The van der Waals surface area contributed by atoms with Gasteiger partial charge in [-0.05, 0) is 18.1 Å². The van der Waals surface area contributed by atoms with Gasteiger partial charge in [-0.1, -0.05) is 13.8 Å². The molecule has 0 spiro atoms. The molecule has 0 aliphatic carbocycles. The molecule has 3 N–H and O–H groups in total. The maximum atomic E-state index is 11.5. The summed E-state index contributed by atoms with van der Waals surface area (Å²) in [6.45, 7) is 3.97. The Bertz CT molecular complexity index is 454. The van der Waals surface area contributed by atoms with Crippen LogP contribution in [0.4, 0.5) is 0 Å². The Labute approximate surface area is 117 Å². The number of nitrogens with one attached hydrogen (secondary N) is 3. The van der Waals surface area contributed by atoms with Crippen molar-refractivity contribution in [3.05, 3.63) is 24.2 Å². The summed E-state index contributed by atoms with van der Waals surface area (Å²) in [7, 11) is 0. The first-order chi connectivity index (χ1) is 9.49. The average molecular weight is 281 g/mol. The highest BCUT2D eigenvalue weighted by Gasteiger charge is 2.09. The Morgan fingerprint density at radius 3 is 2.50 bits per heavy atom. The molecule has 0 bridgehead atoms. The molecule has 3 amide bonds. The molecular formula is C13H19N3O4. The molecule has 0 saturated carbocycles. The van der Waals surface area contributed by atoms with E-state index < -0.39 is 0 Å². The van der Waals surface area contributed by atoms with Gasteiger partial charge >= 0.3 is 0 Å². The summed E-state index contributed by atoms with van der Waals surface area (Å²) in [6, 6.07) is 3.13. The van der Waals surface area contributed by atoms with Crippen LogP contribution in [0.1, 0.15) is 37.2 Å². The molecule has 0 saturated heterocycles. The van der Waals surface area contributed by atoms with Gasteiger partial charge in [-0.3, -0.25) is 25.2 Å². The highest BCUT2D eigenvalue weighted by molar-refractivity contribution is 5.91. The van der Waals surface area contributed by atoms with Crippen molar-refractivity contribution in [3.63, 3.8) is 0 Å². The van der Waals surface area contributed by atoms with Crippen molar-refractivity contribution < 1.29 is 18.8 Å². The average Bonchev–Trinajstić information content (AvgIpc) is 2.89. The quantitative estimate of drug-likeness (QED) is 0.664. The molecule has 1 aromatic heterocycles. The number of hydrogen-bond donors (Lipinski definition) is 3. The number of hydrazine groups is 1. The lowest BCUT2D eigenvalue weighted by molar-refractivity contribution is -0.129. The molecule has 1 rings (SSSR count). The van der Waals surface area contributed by atoms with Crippen LogP contribution in [-0.2, 0) is 9.59 Å². The first kappa shape index (κ1) is 15.7. The number of rotatable bonds is 6. The molecule has 110 valence electrons. The highest BCUT2D eigenvalue weighted by atomic mass is 16.3. The summed E-state index contributed by atoms with van der Waals surface area (Å²) in [5.41, 5.74) is 4.59. The standard InChI is InChI=1S/C13H19N3O4/c1-9(2)8-12(18)16-15-11(17)5-6-14-13(19)10-4-3-7-20-10/h3-4,7,9H,5-6,8H2,1-2H3,(H,14,19)(H,15,17)(H,16,18). The van der Waals surface area contributed by atoms with E-state index in [2.05, 4.69) is 16.2 Å². The van der Waals surface area contributed by atoms with Gasteiger partial charge in [0.05, 0.1) is 6.26 Å². The third-order valence-corrected chi connectivity index (χ3v) is 2.32. The van der Waals surface area contributed by atoms with E-state index in [1.807, 2.05) is 13.8 Å². The molecule has 7 nitrogen and oxygen atoms in total. The minimum absolute atomic E-state index is 0.0639. The van der Waals surface area contributed by atoms with E-state index in [4.69, 9.17) is 4.42 Å². The third kappa shape index (κ3) is 6.03. The van der Waals surface area contributed by atoms with E-state index in [9.17, 15) is 14.4 Å². The van der Waals surface area contributed by atoms with Crippen molar-refractivity contribution in [2.75, 3.05) is 6.54 Å². The molecule has 7 heteroatoms. The minimum atomic E-state index is -0.383. The smallest absolute Gasteiger partial charge is 0.286 e. The van der Waals surface area contributed by atoms with Gasteiger partial charge in [-0.15, -0.1) is 0 Å². The van der Waals surface area contributed by atoms with E-state index >= 15 is 0 Å². The molecule has 0 fully saturated rings. The molecule has 0 aromatic carbocycles. The Balaban J connectivity index is 2.14. The molecular weight excluding hydrogens is 262 g/mol. The van der Waals surface area contributed by atoms with E-state index in [0.717, 1.165) is 0 Å². The van der Waals surface area contributed by atoms with Crippen molar-refractivity contribution in [2.24, 2.45) is 5.92 Å². The molecule has 0 atom stereocenters. The Kier molecular flexibility index (Phi) is 6.28. The molecule has 20 heavy (non-hydrogen) atoms. The normalized spacial score (nSPS) is 10.2. The predicted octanol–water partition coefficient (Wildman–Crippen LogP) is 0.593. The summed E-state index contributed by atoms with van der Waals surface area (Å²) in [6.07, 6.45) is 1.80. The lowest BCUT2D eigenvalue weighted by Gasteiger charge is -2.08. The second-order valence-corrected chi connectivity index (χ2v) is 4.68. The van der Waals surface area contributed by atoms with Crippen LogP contribution in [-0.4, -0.2) is 24.3 Å². The first-order valence-electron chi connectivity index (χ1n) is 6.38. The van der Waals surface area contributed by atoms with Crippen LogP contribution >= 0.6 is 0 Å². The van der Waals surface area contributed by atoms with E-state index in [1.54, 1.807) is 6.07 Å². The zero-order valence-electron chi connectivity index (χ0n) is 11.6. The fourth-order valence-corrected chi connectivity index (χ4v) is 1.41. The second kappa shape index (κ2) is 7.98. The predicted molar refractivity (Wildman–Crippen MR) is 71.4 cm³/mol. The van der Waals surface area contributed by atoms with Gasteiger partial charge in [0.25, 0.3) is 5.91 Å². The number of hydrogen-bond acceptors (Lipinski definition) is 4. The topological polar surface area (TPSA) is 100 Å². The highest BCUT2D eigenvalue weighted by Crippen LogP contribution is 1.99. The molecule has 0 radical (unpaired) electrons. The fourth-order valence-electron chi connectivity index (χ4n) is 1.41. The van der Waals surface area contributed by atoms with E-state index in [-0.39, 0.29) is 42.4 Å². The van der Waals surface area contributed by atoms with Crippen LogP contribution in [0.25, 0.3) is 0 Å². The van der Waals surface area contributed by atoms with Crippen molar-refractivity contribution in [1.29, 1.82) is 0 Å². The summed E-state index contributed by atoms with van der Waals surface area (Å²) >= 11 is 0. The van der Waals surface area contributed by atoms with Gasteiger partial charge in [0.1, 0.15) is 0 Å². The van der Waals surface area contributed by atoms with Gasteiger partial charge in [0, 0.05) is 19.4 Å². The van der Waals surface area contributed by atoms with E-state index in [0.29, 0.717) is 6.42 Å². The van der Waals surface area contributed by atoms with Gasteiger partial charge in [-0.25, -0.2) is 0 Å². The summed E-state index contributed by atoms with van der Waals surface area (Å²) in [5.74, 6) is -0.586. The van der Waals surface area contributed by atoms with Crippen molar-refractivity contribution in [1.82, 2.24) is 16.2 Å². The van der Waals surface area contributed by atoms with Gasteiger partial charge < -0.3 is 9.73 Å². The van der Waals surface area contributed by atoms with Crippen LogP contribution in [0.5, 0.6) is 0 Å². The van der Waals surface area contributed by atoms with Crippen LogP contribution in [0, 0.1) is 5.92 Å². The third-order valence-electron chi connectivity index (χ3n) is 2.32. The van der Waals surface area contributed by atoms with Gasteiger partial charge in [-0.2, -0.15) is 0 Å². The van der Waals surface area contributed by atoms with Crippen LogP contribution < -0.4 is 16.2 Å². The number of furan rings is 1. The maximum Gasteiger partial charge on any atom is 0.286 e. The van der Waals surface area contributed by atoms with Crippen molar-refractivity contribution in [3.8, 4) is 0 Å². The SMILES string of the molecule is CC(C)CC(=O)NNC(=O)CCNC(=O)c1ccco1. The fraction of sp³-hybridized carbons (Fsp3) is 0.462. The molecule has 0 aliphatic rings. The second-order valence-electron chi connectivity index (χ2n) is 4.68. The van der Waals surface area contributed by atoms with Crippen LogP contribution in [0.2, 0.25) is 0 Å². The number of carbonyl (C=O) groups is 3. The molecule has 0 unspecified atom stereocenters. The zero-order valence-corrected chi connectivity index (χ0v) is 11.6. The molecule has 1 aromatic rings. The van der Waals surface area contributed by atoms with Crippen LogP contribution in [0.3, 0.4) is 0 Å². The van der Waals surface area contributed by atoms with Crippen molar-refractivity contribution >= 4 is 17.7 Å². The van der Waals surface area contributed by atoms with Crippen molar-refractivity contribution in [2.45, 2.75) is 26.7 Å². The monoisotopic (exact) mass is 281 g/mol. The van der Waals surface area contributed by atoms with Gasteiger partial charge in [0.2, 0.25) is 11.8 Å². The summed E-state index contributed by atoms with van der Waals surface area (Å²) in [4.78, 5) is 34.2. The lowest BCUT2D eigenvalue weighted by atomic mass is 10.1. The first-order valence-corrected chi connectivity index (χ1v) is 6.38. The Hall–Kier alpha value is -2.31. The largest absolute Gasteiger partial charge is 0.459 e.